The first-order valence-corrected chi connectivity index (χ1v) is 8.79. The van der Waals surface area contributed by atoms with Crippen molar-refractivity contribution in [3.05, 3.63) is 28.8 Å². The summed E-state index contributed by atoms with van der Waals surface area (Å²) in [5.74, 6) is 0.611. The van der Waals surface area contributed by atoms with E-state index >= 15 is 0 Å². The Kier molecular flexibility index (Phi) is 6.86. The zero-order valence-corrected chi connectivity index (χ0v) is 16.1. The second-order valence-electron chi connectivity index (χ2n) is 7.12. The van der Waals surface area contributed by atoms with Gasteiger partial charge in [-0.1, -0.05) is 59.2 Å². The fraction of sp³-hybridized carbons (Fsp3) is 0.632. The van der Waals surface area contributed by atoms with Gasteiger partial charge in [0.15, 0.2) is 5.11 Å². The molecule has 0 heterocycles. The molecule has 0 bridgehead atoms. The topological polar surface area (TPSA) is 24.1 Å². The van der Waals surface area contributed by atoms with Gasteiger partial charge in [-0.2, -0.15) is 0 Å². The van der Waals surface area contributed by atoms with Crippen LogP contribution in [0.3, 0.4) is 0 Å². The summed E-state index contributed by atoms with van der Waals surface area (Å²) < 4.78 is 0. The average molecular weight is 321 g/mol. The molecule has 0 fully saturated rings. The van der Waals surface area contributed by atoms with Crippen LogP contribution in [0.4, 0.5) is 5.69 Å². The number of thiocarbonyl (C=S) groups is 1. The van der Waals surface area contributed by atoms with Gasteiger partial charge in [0, 0.05) is 12.2 Å². The van der Waals surface area contributed by atoms with Crippen LogP contribution in [0.25, 0.3) is 0 Å². The summed E-state index contributed by atoms with van der Waals surface area (Å²) >= 11 is 5.52. The monoisotopic (exact) mass is 320 g/mol. The highest BCUT2D eigenvalue weighted by Gasteiger charge is 2.22. The van der Waals surface area contributed by atoms with Crippen molar-refractivity contribution in [3.63, 3.8) is 0 Å². The molecule has 0 saturated heterocycles. The molecule has 0 aliphatic heterocycles. The molecule has 1 aromatic rings. The van der Waals surface area contributed by atoms with Crippen molar-refractivity contribution in [2.24, 2.45) is 11.3 Å². The first-order valence-electron chi connectivity index (χ1n) is 8.38. The Bertz CT molecular complexity index is 493. The van der Waals surface area contributed by atoms with E-state index in [1.54, 1.807) is 0 Å². The Balaban J connectivity index is 2.84. The molecule has 0 spiro atoms. The van der Waals surface area contributed by atoms with E-state index in [-0.39, 0.29) is 5.41 Å². The van der Waals surface area contributed by atoms with Crippen LogP contribution >= 0.6 is 12.2 Å². The largest absolute Gasteiger partial charge is 0.362 e. The predicted octanol–water partition coefficient (Wildman–Crippen LogP) is 5.09. The molecular weight excluding hydrogens is 288 g/mol. The van der Waals surface area contributed by atoms with Gasteiger partial charge in [-0.05, 0) is 54.4 Å². The maximum atomic E-state index is 5.52. The molecule has 0 aliphatic carbocycles. The maximum Gasteiger partial charge on any atom is 0.170 e. The third-order valence-electron chi connectivity index (χ3n) is 4.71. The number of nitrogens with one attached hydrogen (secondary N) is 2. The normalized spacial score (nSPS) is 11.6. The third kappa shape index (κ3) is 4.98. The second-order valence-corrected chi connectivity index (χ2v) is 7.52. The highest BCUT2D eigenvalue weighted by atomic mass is 32.1. The number of benzene rings is 1. The van der Waals surface area contributed by atoms with Crippen LogP contribution in [-0.2, 0) is 12.8 Å². The zero-order valence-electron chi connectivity index (χ0n) is 15.3. The minimum absolute atomic E-state index is 0.222. The van der Waals surface area contributed by atoms with Crippen LogP contribution in [0.15, 0.2) is 12.1 Å². The van der Waals surface area contributed by atoms with E-state index in [4.69, 9.17) is 12.2 Å². The van der Waals surface area contributed by atoms with Crippen molar-refractivity contribution in [1.29, 1.82) is 0 Å². The molecule has 0 aliphatic rings. The Morgan fingerprint density at radius 3 is 2.05 bits per heavy atom. The van der Waals surface area contributed by atoms with E-state index in [2.05, 4.69) is 71.2 Å². The minimum Gasteiger partial charge on any atom is -0.362 e. The number of hydrogen-bond acceptors (Lipinski definition) is 1. The summed E-state index contributed by atoms with van der Waals surface area (Å²) in [7, 11) is 0. The fourth-order valence-electron chi connectivity index (χ4n) is 2.33. The predicted molar refractivity (Wildman–Crippen MR) is 103 cm³/mol. The number of anilines is 1. The zero-order chi connectivity index (χ0) is 16.9. The first kappa shape index (κ1) is 19.0. The SMILES string of the molecule is CCc1cc(C)cc(CC)c1NC(=S)NCC(C)(C)C(C)C. The van der Waals surface area contributed by atoms with Crippen LogP contribution in [0.5, 0.6) is 0 Å². The van der Waals surface area contributed by atoms with E-state index in [1.807, 2.05) is 0 Å². The van der Waals surface area contributed by atoms with Gasteiger partial charge in [0.1, 0.15) is 0 Å². The number of rotatable bonds is 6. The van der Waals surface area contributed by atoms with Crippen molar-refractivity contribution in [2.45, 2.75) is 61.3 Å². The van der Waals surface area contributed by atoms with Crippen molar-refractivity contribution >= 4 is 23.0 Å². The van der Waals surface area contributed by atoms with Crippen molar-refractivity contribution in [1.82, 2.24) is 5.32 Å². The quantitative estimate of drug-likeness (QED) is 0.714. The van der Waals surface area contributed by atoms with Crippen molar-refractivity contribution in [2.75, 3.05) is 11.9 Å². The Morgan fingerprint density at radius 1 is 1.14 bits per heavy atom. The van der Waals surface area contributed by atoms with Gasteiger partial charge < -0.3 is 10.6 Å². The van der Waals surface area contributed by atoms with Crippen LogP contribution in [-0.4, -0.2) is 11.7 Å². The Labute approximate surface area is 142 Å². The standard InChI is InChI=1S/C19H32N2S/c1-8-15-10-14(5)11-16(9-2)17(15)21-18(22)20-12-19(6,7)13(3)4/h10-11,13H,8-9,12H2,1-7H3,(H2,20,21,22). The summed E-state index contributed by atoms with van der Waals surface area (Å²) in [4.78, 5) is 0. The molecule has 2 N–H and O–H groups in total. The lowest BCUT2D eigenvalue weighted by Gasteiger charge is -2.30. The lowest BCUT2D eigenvalue weighted by atomic mass is 9.81. The van der Waals surface area contributed by atoms with Crippen LogP contribution in [0.2, 0.25) is 0 Å². The van der Waals surface area contributed by atoms with E-state index in [0.29, 0.717) is 5.92 Å². The molecule has 0 atom stereocenters. The smallest absolute Gasteiger partial charge is 0.170 e. The molecule has 2 nitrogen and oxygen atoms in total. The average Bonchev–Trinajstić information content (AvgIpc) is 2.46. The third-order valence-corrected chi connectivity index (χ3v) is 4.96. The van der Waals surface area contributed by atoms with Gasteiger partial charge in [-0.25, -0.2) is 0 Å². The van der Waals surface area contributed by atoms with E-state index in [0.717, 1.165) is 24.5 Å². The van der Waals surface area contributed by atoms with E-state index < -0.39 is 0 Å². The molecule has 1 aromatic carbocycles. The highest BCUT2D eigenvalue weighted by molar-refractivity contribution is 7.80. The molecule has 0 saturated carbocycles. The van der Waals surface area contributed by atoms with Crippen LogP contribution < -0.4 is 10.6 Å². The van der Waals surface area contributed by atoms with E-state index in [9.17, 15) is 0 Å². The van der Waals surface area contributed by atoms with Crippen LogP contribution in [0, 0.1) is 18.3 Å². The van der Waals surface area contributed by atoms with Gasteiger partial charge in [0.05, 0.1) is 0 Å². The molecule has 0 radical (unpaired) electrons. The summed E-state index contributed by atoms with van der Waals surface area (Å²) in [5.41, 5.74) is 5.41. The van der Waals surface area contributed by atoms with Gasteiger partial charge in [-0.15, -0.1) is 0 Å². The van der Waals surface area contributed by atoms with Gasteiger partial charge in [0.25, 0.3) is 0 Å². The molecule has 124 valence electrons. The fourth-order valence-corrected chi connectivity index (χ4v) is 2.50. The lowest BCUT2D eigenvalue weighted by molar-refractivity contribution is 0.251. The molecule has 3 heteroatoms. The number of hydrogen-bond donors (Lipinski definition) is 2. The number of aryl methyl sites for hydroxylation is 3. The van der Waals surface area contributed by atoms with Gasteiger partial charge >= 0.3 is 0 Å². The van der Waals surface area contributed by atoms with Gasteiger partial charge in [0.2, 0.25) is 0 Å². The Hall–Kier alpha value is -1.09. The summed E-state index contributed by atoms with van der Waals surface area (Å²) in [6, 6.07) is 4.50. The summed E-state index contributed by atoms with van der Waals surface area (Å²) in [6.45, 7) is 16.5. The Morgan fingerprint density at radius 2 is 1.64 bits per heavy atom. The highest BCUT2D eigenvalue weighted by Crippen LogP contribution is 2.26. The van der Waals surface area contributed by atoms with Gasteiger partial charge in [-0.3, -0.25) is 0 Å². The maximum absolute atomic E-state index is 5.52. The van der Waals surface area contributed by atoms with E-state index in [1.165, 1.54) is 22.4 Å². The second kappa shape index (κ2) is 7.96. The summed E-state index contributed by atoms with van der Waals surface area (Å²) in [5, 5.41) is 7.55. The molecule has 0 unspecified atom stereocenters. The van der Waals surface area contributed by atoms with Crippen molar-refractivity contribution in [3.8, 4) is 0 Å². The molecule has 0 aromatic heterocycles. The first-order chi connectivity index (χ1) is 10.2. The molecule has 0 amide bonds. The molecule has 1 rings (SSSR count). The molecule has 22 heavy (non-hydrogen) atoms. The van der Waals surface area contributed by atoms with Crippen molar-refractivity contribution < 1.29 is 0 Å². The summed E-state index contributed by atoms with van der Waals surface area (Å²) in [6.07, 6.45) is 2.02. The molecular formula is C19H32N2S. The lowest BCUT2D eigenvalue weighted by Crippen LogP contribution is -2.39. The minimum atomic E-state index is 0.222. The van der Waals surface area contributed by atoms with Crippen LogP contribution in [0.1, 0.15) is 58.2 Å².